The molecule has 1 aliphatic heterocycles. The molecule has 0 spiro atoms. The number of imidazole rings is 1. The molecule has 3 aromatic heterocycles. The average Bonchev–Trinajstić information content (AvgIpc) is 3.30. The smallest absolute Gasteiger partial charge is 0.298 e. The number of aromatic nitrogens is 4. The number of ether oxygens (including phenoxy) is 1. The first-order valence-electron chi connectivity index (χ1n) is 11.7. The summed E-state index contributed by atoms with van der Waals surface area (Å²) >= 11 is 0. The summed E-state index contributed by atoms with van der Waals surface area (Å²) in [6, 6.07) is 11.2. The van der Waals surface area contributed by atoms with E-state index in [9.17, 15) is 4.79 Å². The van der Waals surface area contributed by atoms with Crippen molar-refractivity contribution in [3.63, 3.8) is 0 Å². The number of nitrogens with two attached hydrogens (primary N) is 1. The quantitative estimate of drug-likeness (QED) is 0.426. The molecule has 1 saturated heterocycles. The minimum atomic E-state index is -0.575. The number of nitrogen functional groups attached to an aromatic ring is 1. The van der Waals surface area contributed by atoms with Gasteiger partial charge in [-0.3, -0.25) is 9.20 Å². The van der Waals surface area contributed by atoms with Gasteiger partial charge in [-0.15, -0.1) is 0 Å². The van der Waals surface area contributed by atoms with Crippen LogP contribution in [0.15, 0.2) is 48.8 Å². The predicted molar refractivity (Wildman–Crippen MR) is 134 cm³/mol. The first-order valence-corrected chi connectivity index (χ1v) is 11.7. The van der Waals surface area contributed by atoms with Gasteiger partial charge in [-0.25, -0.2) is 19.3 Å². The lowest BCUT2D eigenvalue weighted by molar-refractivity contribution is -0.126. The summed E-state index contributed by atoms with van der Waals surface area (Å²) in [7, 11) is 0. The highest BCUT2D eigenvalue weighted by atomic mass is 19.1. The van der Waals surface area contributed by atoms with Crippen LogP contribution in [0.3, 0.4) is 0 Å². The molecular weight excluding hydrogens is 473 g/mol. The maximum absolute atomic E-state index is 15.4. The van der Waals surface area contributed by atoms with Crippen molar-refractivity contribution in [2.45, 2.75) is 25.7 Å². The van der Waals surface area contributed by atoms with E-state index in [-0.39, 0.29) is 35.0 Å². The molecule has 184 valence electrons. The topological polar surface area (TPSA) is 122 Å². The zero-order chi connectivity index (χ0) is 25.9. The van der Waals surface area contributed by atoms with Gasteiger partial charge in [0.25, 0.3) is 5.91 Å². The van der Waals surface area contributed by atoms with Crippen molar-refractivity contribution in [2.75, 3.05) is 18.8 Å². The zero-order valence-electron chi connectivity index (χ0n) is 20.0. The largest absolute Gasteiger partial charge is 0.439 e. The van der Waals surface area contributed by atoms with Crippen LogP contribution in [0.2, 0.25) is 0 Å². The molecule has 0 radical (unpaired) electrons. The van der Waals surface area contributed by atoms with Gasteiger partial charge in [-0.1, -0.05) is 5.92 Å². The Labute approximate surface area is 212 Å². The number of likely N-dealkylation sites (tertiary alicyclic amines) is 1. The molecule has 1 amide bonds. The predicted octanol–water partition coefficient (Wildman–Crippen LogP) is 3.91. The highest BCUT2D eigenvalue weighted by Crippen LogP contribution is 2.35. The minimum absolute atomic E-state index is 0.0638. The highest BCUT2D eigenvalue weighted by molar-refractivity contribution is 5.93. The van der Waals surface area contributed by atoms with Crippen molar-refractivity contribution < 1.29 is 13.9 Å². The Morgan fingerprint density at radius 2 is 2.05 bits per heavy atom. The van der Waals surface area contributed by atoms with Crippen LogP contribution in [-0.4, -0.2) is 43.2 Å². The van der Waals surface area contributed by atoms with E-state index in [0.717, 1.165) is 18.5 Å². The van der Waals surface area contributed by atoms with E-state index in [1.54, 1.807) is 46.7 Å². The van der Waals surface area contributed by atoms with Gasteiger partial charge in [0.15, 0.2) is 5.82 Å². The zero-order valence-corrected chi connectivity index (χ0v) is 20.0. The first-order chi connectivity index (χ1) is 18.0. The van der Waals surface area contributed by atoms with Gasteiger partial charge in [0, 0.05) is 43.5 Å². The van der Waals surface area contributed by atoms with E-state index in [0.29, 0.717) is 30.0 Å². The lowest BCUT2D eigenvalue weighted by atomic mass is 9.94. The van der Waals surface area contributed by atoms with Gasteiger partial charge in [0.2, 0.25) is 11.8 Å². The number of piperidine rings is 1. The summed E-state index contributed by atoms with van der Waals surface area (Å²) in [5, 5.41) is 9.06. The third-order valence-electron chi connectivity index (χ3n) is 6.20. The van der Waals surface area contributed by atoms with Crippen molar-refractivity contribution in [1.82, 2.24) is 24.3 Å². The van der Waals surface area contributed by atoms with Gasteiger partial charge >= 0.3 is 0 Å². The molecular formula is C27H22FN7O2. The lowest BCUT2D eigenvalue weighted by Gasteiger charge is -2.30. The maximum atomic E-state index is 15.4. The normalized spacial score (nSPS) is 15.1. The Bertz CT molecular complexity index is 1610. The average molecular weight is 496 g/mol. The molecule has 4 aromatic rings. The van der Waals surface area contributed by atoms with Gasteiger partial charge in [0.1, 0.15) is 11.6 Å². The summed E-state index contributed by atoms with van der Waals surface area (Å²) in [4.78, 5) is 27.2. The fraction of sp³-hybridized carbons (Fsp3) is 0.222. The lowest BCUT2D eigenvalue weighted by Crippen LogP contribution is -2.38. The first kappa shape index (κ1) is 23.8. The number of anilines is 1. The fourth-order valence-corrected chi connectivity index (χ4v) is 4.53. The molecule has 0 bridgehead atoms. The molecule has 0 aliphatic carbocycles. The minimum Gasteiger partial charge on any atom is -0.439 e. The van der Waals surface area contributed by atoms with Crippen LogP contribution < -0.4 is 10.5 Å². The Hall–Kier alpha value is -4.96. The molecule has 1 unspecified atom stereocenters. The maximum Gasteiger partial charge on any atom is 0.298 e. The second kappa shape index (κ2) is 9.96. The monoisotopic (exact) mass is 495 g/mol. The third-order valence-corrected chi connectivity index (χ3v) is 6.20. The number of nitriles is 1. The van der Waals surface area contributed by atoms with Crippen molar-refractivity contribution in [3.8, 4) is 40.9 Å². The molecule has 2 N–H and O–H groups in total. The van der Waals surface area contributed by atoms with Gasteiger partial charge in [0.05, 0.1) is 28.4 Å². The summed E-state index contributed by atoms with van der Waals surface area (Å²) in [6.07, 6.45) is 4.66. The van der Waals surface area contributed by atoms with E-state index in [2.05, 4.69) is 21.8 Å². The van der Waals surface area contributed by atoms with E-state index < -0.39 is 5.82 Å². The number of rotatable bonds is 4. The van der Waals surface area contributed by atoms with Gasteiger partial charge < -0.3 is 15.4 Å². The number of carbonyl (C=O) groups excluding carboxylic acids is 1. The van der Waals surface area contributed by atoms with E-state index in [4.69, 9.17) is 20.7 Å². The SMILES string of the molecule is CC#CC(=O)N1CCCC(c2nc(-c3ccc(Oc4cc(C#N)ccn4)cc3F)n3c(N)nccc23)C1. The van der Waals surface area contributed by atoms with Crippen LogP contribution in [0.1, 0.15) is 36.9 Å². The van der Waals surface area contributed by atoms with Crippen LogP contribution >= 0.6 is 0 Å². The van der Waals surface area contributed by atoms with Crippen LogP contribution in [0.4, 0.5) is 10.3 Å². The molecule has 37 heavy (non-hydrogen) atoms. The number of hydrogen-bond donors (Lipinski definition) is 1. The summed E-state index contributed by atoms with van der Waals surface area (Å²) in [5.41, 5.74) is 8.24. The Morgan fingerprint density at radius 3 is 2.84 bits per heavy atom. The van der Waals surface area contributed by atoms with Crippen LogP contribution in [-0.2, 0) is 4.79 Å². The van der Waals surface area contributed by atoms with Crippen LogP contribution in [0, 0.1) is 29.0 Å². The highest BCUT2D eigenvalue weighted by Gasteiger charge is 2.29. The molecule has 1 atom stereocenters. The number of fused-ring (bicyclic) bond motifs is 1. The van der Waals surface area contributed by atoms with Crippen molar-refractivity contribution in [3.05, 3.63) is 65.9 Å². The molecule has 0 saturated carbocycles. The standard InChI is InChI=1S/C27H22FN7O2/c1-2-4-24(36)34-12-3-5-18(16-34)25-22-9-11-32-27(30)35(22)26(33-25)20-7-6-19(14-21(20)28)37-23-13-17(15-29)8-10-31-23/h6-11,13-14,18H,3,5,12,16H2,1H3,(H2,30,32). The number of amides is 1. The summed E-state index contributed by atoms with van der Waals surface area (Å²) < 4.78 is 22.7. The van der Waals surface area contributed by atoms with Crippen molar-refractivity contribution in [1.29, 1.82) is 5.26 Å². The number of nitrogens with zero attached hydrogens (tertiary/aromatic N) is 6. The third kappa shape index (κ3) is 4.65. The van der Waals surface area contributed by atoms with E-state index in [1.165, 1.54) is 18.3 Å². The van der Waals surface area contributed by atoms with E-state index in [1.807, 2.05) is 6.07 Å². The number of benzene rings is 1. The number of carbonyl (C=O) groups is 1. The summed E-state index contributed by atoms with van der Waals surface area (Å²) in [5.74, 6) is 5.28. The van der Waals surface area contributed by atoms with Crippen LogP contribution in [0.5, 0.6) is 11.6 Å². The molecule has 1 fully saturated rings. The second-order valence-corrected chi connectivity index (χ2v) is 8.55. The van der Waals surface area contributed by atoms with Gasteiger partial charge in [-0.05, 0) is 50.0 Å². The number of hydrogen-bond acceptors (Lipinski definition) is 7. The van der Waals surface area contributed by atoms with Crippen LogP contribution in [0.25, 0.3) is 16.9 Å². The Kier molecular flexibility index (Phi) is 6.40. The molecule has 1 aromatic carbocycles. The van der Waals surface area contributed by atoms with Gasteiger partial charge in [-0.2, -0.15) is 5.26 Å². The number of halogens is 1. The number of pyridine rings is 1. The van der Waals surface area contributed by atoms with Crippen molar-refractivity contribution in [2.24, 2.45) is 0 Å². The fourth-order valence-electron chi connectivity index (χ4n) is 4.53. The molecule has 9 nitrogen and oxygen atoms in total. The Balaban J connectivity index is 1.51. The molecule has 4 heterocycles. The molecule has 1 aliphatic rings. The molecule has 5 rings (SSSR count). The van der Waals surface area contributed by atoms with E-state index >= 15 is 4.39 Å². The second-order valence-electron chi connectivity index (χ2n) is 8.55. The van der Waals surface area contributed by atoms with Crippen molar-refractivity contribution >= 4 is 17.4 Å². The summed E-state index contributed by atoms with van der Waals surface area (Å²) in [6.45, 7) is 2.73. The Morgan fingerprint density at radius 1 is 1.22 bits per heavy atom. The molecule has 10 heteroatoms.